The van der Waals surface area contributed by atoms with Crippen molar-refractivity contribution in [2.45, 2.75) is 18.2 Å². The summed E-state index contributed by atoms with van der Waals surface area (Å²) in [5, 5.41) is 9.86. The van der Waals surface area contributed by atoms with E-state index in [2.05, 4.69) is 4.98 Å². The van der Waals surface area contributed by atoms with Gasteiger partial charge in [-0.05, 0) is 31.5 Å². The fraction of sp³-hybridized carbons (Fsp3) is 0.385. The molecular weight excluding hydrogens is 312 g/mol. The van der Waals surface area contributed by atoms with Crippen LogP contribution in [0.3, 0.4) is 0 Å². The summed E-state index contributed by atoms with van der Waals surface area (Å²) in [7, 11) is -3.64. The highest BCUT2D eigenvalue weighted by Gasteiger charge is 2.35. The van der Waals surface area contributed by atoms with Crippen molar-refractivity contribution in [3.8, 4) is 0 Å². The summed E-state index contributed by atoms with van der Waals surface area (Å²) in [6.45, 7) is 2.16. The zero-order valence-corrected chi connectivity index (χ0v) is 12.9. The highest BCUT2D eigenvalue weighted by Crippen LogP contribution is 2.28. The lowest BCUT2D eigenvalue weighted by Gasteiger charge is -2.15. The van der Waals surface area contributed by atoms with Gasteiger partial charge in [0.15, 0.2) is 0 Å². The molecule has 1 saturated heterocycles. The molecule has 1 fully saturated rings. The van der Waals surface area contributed by atoms with Crippen LogP contribution in [0.4, 0.5) is 0 Å². The number of carboxylic acid groups (broad SMARTS) is 1. The van der Waals surface area contributed by atoms with Crippen molar-refractivity contribution in [3.63, 3.8) is 0 Å². The number of carboxylic acids is 1. The Morgan fingerprint density at radius 1 is 1.48 bits per heavy atom. The van der Waals surface area contributed by atoms with Crippen LogP contribution in [0.25, 0.3) is 10.2 Å². The van der Waals surface area contributed by atoms with E-state index in [-0.39, 0.29) is 18.0 Å². The van der Waals surface area contributed by atoms with Crippen molar-refractivity contribution in [1.29, 1.82) is 0 Å². The first-order valence-electron chi connectivity index (χ1n) is 6.48. The summed E-state index contributed by atoms with van der Waals surface area (Å²) in [6.07, 6.45) is 0.358. The molecule has 112 valence electrons. The summed E-state index contributed by atoms with van der Waals surface area (Å²) < 4.78 is 27.2. The second kappa shape index (κ2) is 5.04. The first-order chi connectivity index (χ1) is 9.88. The van der Waals surface area contributed by atoms with Gasteiger partial charge in [-0.15, -0.1) is 11.3 Å². The Balaban J connectivity index is 1.95. The van der Waals surface area contributed by atoms with Crippen LogP contribution in [0, 0.1) is 12.8 Å². The maximum absolute atomic E-state index is 12.6. The van der Waals surface area contributed by atoms with Gasteiger partial charge in [0, 0.05) is 13.1 Å². The van der Waals surface area contributed by atoms with Gasteiger partial charge in [-0.25, -0.2) is 13.4 Å². The third-order valence-electron chi connectivity index (χ3n) is 3.60. The van der Waals surface area contributed by atoms with E-state index in [0.29, 0.717) is 6.42 Å². The van der Waals surface area contributed by atoms with Gasteiger partial charge in [-0.2, -0.15) is 4.31 Å². The molecular formula is C13H14N2O4S2. The highest BCUT2D eigenvalue weighted by molar-refractivity contribution is 7.89. The maximum atomic E-state index is 12.6. The molecule has 2 heterocycles. The molecule has 1 atom stereocenters. The standard InChI is InChI=1S/C13H14N2O4S2/c1-8-14-11-3-2-10(6-12(11)20-8)21(18,19)15-5-4-9(7-15)13(16)17/h2-3,6,9H,4-5,7H2,1H3,(H,16,17). The van der Waals surface area contributed by atoms with Crippen LogP contribution in [-0.2, 0) is 14.8 Å². The van der Waals surface area contributed by atoms with E-state index < -0.39 is 21.9 Å². The van der Waals surface area contributed by atoms with E-state index in [0.717, 1.165) is 15.2 Å². The van der Waals surface area contributed by atoms with Gasteiger partial charge in [0.2, 0.25) is 10.0 Å². The zero-order chi connectivity index (χ0) is 15.2. The number of carbonyl (C=O) groups is 1. The Morgan fingerprint density at radius 2 is 2.24 bits per heavy atom. The van der Waals surface area contributed by atoms with E-state index in [1.54, 1.807) is 12.1 Å². The topological polar surface area (TPSA) is 87.6 Å². The fourth-order valence-corrected chi connectivity index (χ4v) is 4.95. The van der Waals surface area contributed by atoms with Crippen LogP contribution in [0.2, 0.25) is 0 Å². The number of aliphatic carboxylic acids is 1. The number of aryl methyl sites for hydroxylation is 1. The molecule has 0 radical (unpaired) electrons. The summed E-state index contributed by atoms with van der Waals surface area (Å²) in [5.41, 5.74) is 0.779. The smallest absolute Gasteiger partial charge is 0.307 e. The second-order valence-electron chi connectivity index (χ2n) is 5.05. The SMILES string of the molecule is Cc1nc2ccc(S(=O)(=O)N3CCC(C(=O)O)C3)cc2s1. The molecule has 1 N–H and O–H groups in total. The normalized spacial score (nSPS) is 20.1. The van der Waals surface area contributed by atoms with Gasteiger partial charge in [-0.3, -0.25) is 4.79 Å². The number of aromatic nitrogens is 1. The van der Waals surface area contributed by atoms with Gasteiger partial charge >= 0.3 is 5.97 Å². The van der Waals surface area contributed by atoms with E-state index >= 15 is 0 Å². The number of sulfonamides is 1. The van der Waals surface area contributed by atoms with Gasteiger partial charge < -0.3 is 5.11 Å². The molecule has 3 rings (SSSR count). The molecule has 8 heteroatoms. The van der Waals surface area contributed by atoms with E-state index in [4.69, 9.17) is 5.11 Å². The highest BCUT2D eigenvalue weighted by atomic mass is 32.2. The van der Waals surface area contributed by atoms with Crippen molar-refractivity contribution in [2.75, 3.05) is 13.1 Å². The van der Waals surface area contributed by atoms with Crippen molar-refractivity contribution < 1.29 is 18.3 Å². The fourth-order valence-electron chi connectivity index (χ4n) is 2.48. The van der Waals surface area contributed by atoms with Gasteiger partial charge in [0.1, 0.15) is 0 Å². The third-order valence-corrected chi connectivity index (χ3v) is 6.40. The first kappa shape index (κ1) is 14.4. The molecule has 0 bridgehead atoms. The molecule has 0 saturated carbocycles. The molecule has 0 aliphatic carbocycles. The molecule has 1 aromatic heterocycles. The van der Waals surface area contributed by atoms with Crippen LogP contribution in [0.1, 0.15) is 11.4 Å². The second-order valence-corrected chi connectivity index (χ2v) is 8.22. The number of fused-ring (bicyclic) bond motifs is 1. The average molecular weight is 326 g/mol. The minimum Gasteiger partial charge on any atom is -0.481 e. The molecule has 1 aromatic carbocycles. The molecule has 2 aromatic rings. The number of thiazole rings is 1. The van der Waals surface area contributed by atoms with Crippen molar-refractivity contribution in [1.82, 2.24) is 9.29 Å². The van der Waals surface area contributed by atoms with Crippen LogP contribution < -0.4 is 0 Å². The van der Waals surface area contributed by atoms with Gasteiger partial charge in [0.25, 0.3) is 0 Å². The quantitative estimate of drug-likeness (QED) is 0.927. The van der Waals surface area contributed by atoms with Gasteiger partial charge in [-0.1, -0.05) is 0 Å². The Bertz CT molecular complexity index is 813. The minimum absolute atomic E-state index is 0.0391. The molecule has 1 unspecified atom stereocenters. The zero-order valence-electron chi connectivity index (χ0n) is 11.3. The Hall–Kier alpha value is -1.51. The number of rotatable bonds is 3. The lowest BCUT2D eigenvalue weighted by molar-refractivity contribution is -0.141. The van der Waals surface area contributed by atoms with Crippen molar-refractivity contribution >= 4 is 37.5 Å². The molecule has 1 aliphatic heterocycles. The predicted molar refractivity (Wildman–Crippen MR) is 78.9 cm³/mol. The lowest BCUT2D eigenvalue weighted by Crippen LogP contribution is -2.30. The molecule has 6 nitrogen and oxygen atoms in total. The predicted octanol–water partition coefficient (Wildman–Crippen LogP) is 1.70. The number of benzene rings is 1. The molecule has 0 amide bonds. The van der Waals surface area contributed by atoms with Crippen LogP contribution >= 0.6 is 11.3 Å². The third kappa shape index (κ3) is 2.54. The van der Waals surface area contributed by atoms with E-state index in [9.17, 15) is 13.2 Å². The lowest BCUT2D eigenvalue weighted by atomic mass is 10.1. The maximum Gasteiger partial charge on any atom is 0.307 e. The largest absolute Gasteiger partial charge is 0.481 e. The first-order valence-corrected chi connectivity index (χ1v) is 8.74. The van der Waals surface area contributed by atoms with Crippen LogP contribution in [0.15, 0.2) is 23.1 Å². The molecule has 0 spiro atoms. The monoisotopic (exact) mass is 326 g/mol. The summed E-state index contributed by atoms with van der Waals surface area (Å²) >= 11 is 1.44. The van der Waals surface area contributed by atoms with Crippen molar-refractivity contribution in [3.05, 3.63) is 23.2 Å². The van der Waals surface area contributed by atoms with Gasteiger partial charge in [0.05, 0.1) is 26.0 Å². The Morgan fingerprint density at radius 3 is 2.90 bits per heavy atom. The van der Waals surface area contributed by atoms with E-state index in [1.807, 2.05) is 6.92 Å². The Kier molecular flexibility index (Phi) is 3.46. The summed E-state index contributed by atoms with van der Waals surface area (Å²) in [6, 6.07) is 4.84. The summed E-state index contributed by atoms with van der Waals surface area (Å²) in [5.74, 6) is -1.56. The summed E-state index contributed by atoms with van der Waals surface area (Å²) in [4.78, 5) is 15.5. The minimum atomic E-state index is -3.64. The van der Waals surface area contributed by atoms with Crippen LogP contribution in [-0.4, -0.2) is 41.9 Å². The molecule has 1 aliphatic rings. The Labute approximate surface area is 126 Å². The number of hydrogen-bond acceptors (Lipinski definition) is 5. The average Bonchev–Trinajstić information content (AvgIpc) is 3.03. The van der Waals surface area contributed by atoms with Crippen molar-refractivity contribution in [2.24, 2.45) is 5.92 Å². The van der Waals surface area contributed by atoms with Crippen LogP contribution in [0.5, 0.6) is 0 Å². The van der Waals surface area contributed by atoms with E-state index in [1.165, 1.54) is 21.7 Å². The number of hydrogen-bond donors (Lipinski definition) is 1. The number of nitrogens with zero attached hydrogens (tertiary/aromatic N) is 2. The molecule has 21 heavy (non-hydrogen) atoms.